The number of halogens is 1. The topological polar surface area (TPSA) is 65.2 Å². The van der Waals surface area contributed by atoms with Crippen LogP contribution in [0.15, 0.2) is 12.1 Å². The third-order valence-electron chi connectivity index (χ3n) is 1.34. The van der Waals surface area contributed by atoms with Gasteiger partial charge in [0, 0.05) is 0 Å². The van der Waals surface area contributed by atoms with E-state index in [0.29, 0.717) is 0 Å². The van der Waals surface area contributed by atoms with Crippen molar-refractivity contribution >= 4 is 23.4 Å². The number of hydrogen-bond donors (Lipinski definition) is 1. The monoisotopic (exact) mass is 210 g/mol. The molecule has 0 atom stereocenters. The van der Waals surface area contributed by atoms with Crippen LogP contribution >= 0.6 is 11.6 Å². The molecule has 1 rings (SSSR count). The number of nitrogens with zero attached hydrogens (tertiary/aromatic N) is 1. The van der Waals surface area contributed by atoms with E-state index in [1.165, 1.54) is 12.1 Å². The Morgan fingerprint density at radius 1 is 1.71 bits per heavy atom. The Bertz CT molecular complexity index is 378. The number of carbonyl (C=O) groups excluding carboxylic acids is 1. The second kappa shape index (κ2) is 4.49. The molecule has 0 aromatic carbocycles. The van der Waals surface area contributed by atoms with Crippen LogP contribution in [-0.4, -0.2) is 17.6 Å². The third-order valence-corrected chi connectivity index (χ3v) is 1.53. The van der Waals surface area contributed by atoms with Gasteiger partial charge in [0.25, 0.3) is 0 Å². The SMILES string of the molecule is C#CCOC(=O)c1cc(N)nc(Cl)c1. The predicted octanol–water partition coefficient (Wildman–Crippen LogP) is 1.11. The summed E-state index contributed by atoms with van der Waals surface area (Å²) < 4.78 is 4.67. The smallest absolute Gasteiger partial charge is 0.339 e. The van der Waals surface area contributed by atoms with Gasteiger partial charge in [-0.25, -0.2) is 9.78 Å². The molecule has 1 aromatic heterocycles. The maximum absolute atomic E-state index is 11.2. The van der Waals surface area contributed by atoms with E-state index in [-0.39, 0.29) is 23.1 Å². The number of ether oxygens (including phenoxy) is 1. The molecule has 0 aliphatic heterocycles. The largest absolute Gasteiger partial charge is 0.449 e. The van der Waals surface area contributed by atoms with Gasteiger partial charge in [-0.1, -0.05) is 17.5 Å². The number of carbonyl (C=O) groups is 1. The molecular weight excluding hydrogens is 204 g/mol. The van der Waals surface area contributed by atoms with Gasteiger partial charge in [-0.3, -0.25) is 0 Å². The van der Waals surface area contributed by atoms with Gasteiger partial charge in [0.1, 0.15) is 11.0 Å². The van der Waals surface area contributed by atoms with Crippen LogP contribution < -0.4 is 5.73 Å². The molecule has 72 valence electrons. The van der Waals surface area contributed by atoms with Crippen LogP contribution in [0.3, 0.4) is 0 Å². The van der Waals surface area contributed by atoms with Crippen molar-refractivity contribution in [1.29, 1.82) is 0 Å². The fourth-order valence-corrected chi connectivity index (χ4v) is 1.04. The molecule has 0 radical (unpaired) electrons. The second-order valence-electron chi connectivity index (χ2n) is 2.38. The number of nitrogens with two attached hydrogens (primary N) is 1. The lowest BCUT2D eigenvalue weighted by atomic mass is 10.2. The first-order chi connectivity index (χ1) is 6.63. The Morgan fingerprint density at radius 2 is 2.43 bits per heavy atom. The summed E-state index contributed by atoms with van der Waals surface area (Å²) >= 11 is 5.59. The molecule has 4 nitrogen and oxygen atoms in total. The van der Waals surface area contributed by atoms with E-state index in [1.54, 1.807) is 0 Å². The van der Waals surface area contributed by atoms with E-state index < -0.39 is 5.97 Å². The average Bonchev–Trinajstić information content (AvgIpc) is 2.12. The molecule has 0 saturated heterocycles. The van der Waals surface area contributed by atoms with E-state index in [0.717, 1.165) is 0 Å². The maximum atomic E-state index is 11.2. The van der Waals surface area contributed by atoms with Crippen molar-refractivity contribution in [3.63, 3.8) is 0 Å². The third kappa shape index (κ3) is 2.64. The van der Waals surface area contributed by atoms with Crippen molar-refractivity contribution in [1.82, 2.24) is 4.98 Å². The first-order valence-corrected chi connectivity index (χ1v) is 4.05. The van der Waals surface area contributed by atoms with Gasteiger partial charge in [-0.2, -0.15) is 0 Å². The lowest BCUT2D eigenvalue weighted by Crippen LogP contribution is -2.06. The summed E-state index contributed by atoms with van der Waals surface area (Å²) in [6.45, 7) is -0.0846. The molecule has 14 heavy (non-hydrogen) atoms. The fraction of sp³-hybridized carbons (Fsp3) is 0.111. The molecule has 0 aliphatic rings. The first-order valence-electron chi connectivity index (χ1n) is 3.67. The van der Waals surface area contributed by atoms with Gasteiger partial charge < -0.3 is 10.5 Å². The Hall–Kier alpha value is -1.73. The highest BCUT2D eigenvalue weighted by molar-refractivity contribution is 6.29. The fourth-order valence-electron chi connectivity index (χ4n) is 0.826. The zero-order chi connectivity index (χ0) is 10.6. The molecule has 2 N–H and O–H groups in total. The molecule has 0 fully saturated rings. The second-order valence-corrected chi connectivity index (χ2v) is 2.77. The number of esters is 1. The molecular formula is C9H7ClN2O2. The minimum Gasteiger partial charge on any atom is -0.449 e. The molecule has 5 heteroatoms. The standard InChI is InChI=1S/C9H7ClN2O2/c1-2-3-14-9(13)6-4-7(10)12-8(11)5-6/h1,4-5H,3H2,(H2,11,12). The summed E-state index contributed by atoms with van der Waals surface area (Å²) in [6.07, 6.45) is 4.92. The number of nitrogen functional groups attached to an aromatic ring is 1. The Labute approximate surface area is 86.0 Å². The minimum absolute atomic E-state index is 0.0846. The van der Waals surface area contributed by atoms with E-state index in [1.807, 2.05) is 0 Å². The molecule has 0 bridgehead atoms. The molecule has 0 aliphatic carbocycles. The van der Waals surface area contributed by atoms with Crippen LogP contribution in [0.5, 0.6) is 0 Å². The summed E-state index contributed by atoms with van der Waals surface area (Å²) in [7, 11) is 0. The zero-order valence-electron chi connectivity index (χ0n) is 7.16. The summed E-state index contributed by atoms with van der Waals surface area (Å²) in [6, 6.07) is 2.72. The summed E-state index contributed by atoms with van der Waals surface area (Å²) in [4.78, 5) is 14.9. The number of hydrogen-bond acceptors (Lipinski definition) is 4. The van der Waals surface area contributed by atoms with Crippen molar-refractivity contribution in [2.24, 2.45) is 0 Å². The van der Waals surface area contributed by atoms with Crippen molar-refractivity contribution in [2.45, 2.75) is 0 Å². The number of pyridine rings is 1. The zero-order valence-corrected chi connectivity index (χ0v) is 7.91. The molecule has 1 aromatic rings. The van der Waals surface area contributed by atoms with E-state index in [4.69, 9.17) is 23.8 Å². The summed E-state index contributed by atoms with van der Waals surface area (Å²) in [5, 5.41) is 0.137. The molecule has 0 spiro atoms. The highest BCUT2D eigenvalue weighted by Gasteiger charge is 2.08. The quantitative estimate of drug-likeness (QED) is 0.451. The van der Waals surface area contributed by atoms with Crippen LogP contribution in [-0.2, 0) is 4.74 Å². The van der Waals surface area contributed by atoms with Crippen molar-refractivity contribution in [3.8, 4) is 12.3 Å². The van der Waals surface area contributed by atoms with Gasteiger partial charge in [-0.05, 0) is 12.1 Å². The first kappa shape index (κ1) is 10.4. The maximum Gasteiger partial charge on any atom is 0.339 e. The summed E-state index contributed by atoms with van der Waals surface area (Å²) in [5.41, 5.74) is 5.62. The van der Waals surface area contributed by atoms with Crippen molar-refractivity contribution in [3.05, 3.63) is 22.8 Å². The summed E-state index contributed by atoms with van der Waals surface area (Å²) in [5.74, 6) is 1.76. The van der Waals surface area contributed by atoms with Gasteiger partial charge in [0.15, 0.2) is 6.61 Å². The van der Waals surface area contributed by atoms with E-state index >= 15 is 0 Å². The van der Waals surface area contributed by atoms with E-state index in [9.17, 15) is 4.79 Å². The van der Waals surface area contributed by atoms with Crippen LogP contribution in [0.25, 0.3) is 0 Å². The average molecular weight is 211 g/mol. The van der Waals surface area contributed by atoms with Gasteiger partial charge >= 0.3 is 5.97 Å². The predicted molar refractivity (Wildman–Crippen MR) is 52.8 cm³/mol. The van der Waals surface area contributed by atoms with Crippen molar-refractivity contribution < 1.29 is 9.53 Å². The Morgan fingerprint density at radius 3 is 3.00 bits per heavy atom. The lowest BCUT2D eigenvalue weighted by Gasteiger charge is -2.02. The molecule has 0 unspecified atom stereocenters. The molecule has 0 amide bonds. The van der Waals surface area contributed by atoms with Crippen LogP contribution in [0.2, 0.25) is 5.15 Å². The van der Waals surface area contributed by atoms with Crippen LogP contribution in [0, 0.1) is 12.3 Å². The van der Waals surface area contributed by atoms with Crippen molar-refractivity contribution in [2.75, 3.05) is 12.3 Å². The number of anilines is 1. The highest BCUT2D eigenvalue weighted by Crippen LogP contribution is 2.12. The molecule has 0 saturated carbocycles. The highest BCUT2D eigenvalue weighted by atomic mass is 35.5. The minimum atomic E-state index is -0.570. The molecule has 1 heterocycles. The Balaban J connectivity index is 2.85. The lowest BCUT2D eigenvalue weighted by molar-refractivity contribution is 0.0556. The van der Waals surface area contributed by atoms with Crippen LogP contribution in [0.4, 0.5) is 5.82 Å². The van der Waals surface area contributed by atoms with Gasteiger partial charge in [0.2, 0.25) is 0 Å². The number of aromatic nitrogens is 1. The Kier molecular flexibility index (Phi) is 3.32. The number of terminal acetylenes is 1. The van der Waals surface area contributed by atoms with Gasteiger partial charge in [-0.15, -0.1) is 6.42 Å². The van der Waals surface area contributed by atoms with E-state index in [2.05, 4.69) is 15.6 Å². The van der Waals surface area contributed by atoms with Gasteiger partial charge in [0.05, 0.1) is 5.56 Å². The van der Waals surface area contributed by atoms with Crippen LogP contribution in [0.1, 0.15) is 10.4 Å². The normalized spacial score (nSPS) is 9.14. The number of rotatable bonds is 2.